The molecule has 6 heteroatoms. The summed E-state index contributed by atoms with van der Waals surface area (Å²) in [5.41, 5.74) is 1.90. The van der Waals surface area contributed by atoms with Gasteiger partial charge in [0.25, 0.3) is 0 Å². The van der Waals surface area contributed by atoms with Crippen molar-refractivity contribution in [1.82, 2.24) is 9.97 Å². The van der Waals surface area contributed by atoms with Crippen LogP contribution in [0.2, 0.25) is 0 Å². The van der Waals surface area contributed by atoms with Gasteiger partial charge in [0.2, 0.25) is 0 Å². The van der Waals surface area contributed by atoms with Crippen molar-refractivity contribution in [3.05, 3.63) is 60.4 Å². The monoisotopic (exact) mass is 347 g/mol. The Morgan fingerprint density at radius 1 is 1.04 bits per heavy atom. The van der Waals surface area contributed by atoms with Crippen molar-refractivity contribution in [1.29, 1.82) is 0 Å². The molecule has 0 aliphatic heterocycles. The molecule has 0 unspecified atom stereocenters. The highest BCUT2D eigenvalue weighted by atomic mass is 16.5. The minimum Gasteiger partial charge on any atom is -0.506 e. The van der Waals surface area contributed by atoms with E-state index < -0.39 is 0 Å². The predicted octanol–water partition coefficient (Wildman–Crippen LogP) is 3.73. The molecule has 4 rings (SSSR count). The minimum atomic E-state index is -0.143. The lowest BCUT2D eigenvalue weighted by atomic mass is 10.1. The van der Waals surface area contributed by atoms with Crippen LogP contribution in [0.15, 0.2) is 54.9 Å². The highest BCUT2D eigenvalue weighted by Gasteiger charge is 2.13. The molecular formula is C20H17N3O3. The van der Waals surface area contributed by atoms with Gasteiger partial charge < -0.3 is 20.3 Å². The standard InChI is InChI=1S/C20H17N3O3/c1-26-18-9-15-16(8-13(18)10-24)21-11-22-20(15)23-19-14-5-3-2-4-12(14)6-7-17(19)25/h2-9,11,24-25H,10H2,1H3,(H,21,22,23). The number of aliphatic hydroxyl groups excluding tert-OH is 1. The fraction of sp³-hybridized carbons (Fsp3) is 0.100. The van der Waals surface area contributed by atoms with Gasteiger partial charge in [0.15, 0.2) is 0 Å². The van der Waals surface area contributed by atoms with Crippen LogP contribution in [0.5, 0.6) is 11.5 Å². The van der Waals surface area contributed by atoms with Gasteiger partial charge in [-0.25, -0.2) is 9.97 Å². The Kier molecular flexibility index (Phi) is 4.02. The third-order valence-corrected chi connectivity index (χ3v) is 4.36. The van der Waals surface area contributed by atoms with Crippen LogP contribution < -0.4 is 10.1 Å². The average molecular weight is 347 g/mol. The Morgan fingerprint density at radius 2 is 1.88 bits per heavy atom. The summed E-state index contributed by atoms with van der Waals surface area (Å²) in [5.74, 6) is 1.24. The molecule has 0 amide bonds. The van der Waals surface area contributed by atoms with Gasteiger partial charge >= 0.3 is 0 Å². The third kappa shape index (κ3) is 2.66. The van der Waals surface area contributed by atoms with Gasteiger partial charge in [0.1, 0.15) is 23.6 Å². The Hall–Kier alpha value is -3.38. The molecule has 0 aliphatic rings. The van der Waals surface area contributed by atoms with E-state index in [1.807, 2.05) is 30.3 Å². The molecule has 0 aliphatic carbocycles. The first-order chi connectivity index (χ1) is 12.7. The lowest BCUT2D eigenvalue weighted by molar-refractivity contribution is 0.274. The summed E-state index contributed by atoms with van der Waals surface area (Å²) in [6.45, 7) is -0.143. The number of phenols is 1. The Labute approximate surface area is 149 Å². The normalized spacial score (nSPS) is 11.0. The Bertz CT molecular complexity index is 1110. The van der Waals surface area contributed by atoms with Crippen molar-refractivity contribution >= 4 is 33.2 Å². The number of methoxy groups -OCH3 is 1. The smallest absolute Gasteiger partial charge is 0.141 e. The van der Waals surface area contributed by atoms with Gasteiger partial charge in [0, 0.05) is 16.3 Å². The molecule has 0 saturated heterocycles. The lowest BCUT2D eigenvalue weighted by Gasteiger charge is -2.14. The van der Waals surface area contributed by atoms with Crippen LogP contribution in [0.4, 0.5) is 11.5 Å². The maximum absolute atomic E-state index is 10.4. The maximum Gasteiger partial charge on any atom is 0.141 e. The van der Waals surface area contributed by atoms with Crippen molar-refractivity contribution in [2.24, 2.45) is 0 Å². The number of benzene rings is 3. The molecule has 0 atom stereocenters. The van der Waals surface area contributed by atoms with E-state index in [0.29, 0.717) is 28.3 Å². The van der Waals surface area contributed by atoms with E-state index in [2.05, 4.69) is 15.3 Å². The van der Waals surface area contributed by atoms with Crippen LogP contribution in [-0.2, 0) is 6.61 Å². The van der Waals surface area contributed by atoms with E-state index in [0.717, 1.165) is 16.2 Å². The SMILES string of the molecule is COc1cc2c(Nc3c(O)ccc4ccccc34)ncnc2cc1CO. The van der Waals surface area contributed by atoms with Crippen LogP contribution in [0.1, 0.15) is 5.56 Å². The average Bonchev–Trinajstić information content (AvgIpc) is 2.69. The molecule has 1 heterocycles. The van der Waals surface area contributed by atoms with Crippen LogP contribution >= 0.6 is 0 Å². The molecule has 0 bridgehead atoms. The number of aromatic hydroxyl groups is 1. The number of anilines is 2. The molecule has 6 nitrogen and oxygen atoms in total. The fourth-order valence-electron chi connectivity index (χ4n) is 3.05. The number of nitrogens with one attached hydrogen (secondary N) is 1. The summed E-state index contributed by atoms with van der Waals surface area (Å²) in [6, 6.07) is 14.9. The summed E-state index contributed by atoms with van der Waals surface area (Å²) >= 11 is 0. The summed E-state index contributed by atoms with van der Waals surface area (Å²) in [7, 11) is 1.55. The molecular weight excluding hydrogens is 330 g/mol. The first kappa shape index (κ1) is 16.1. The predicted molar refractivity (Wildman–Crippen MR) is 101 cm³/mol. The zero-order chi connectivity index (χ0) is 18.1. The summed E-state index contributed by atoms with van der Waals surface area (Å²) in [6.07, 6.45) is 1.44. The van der Waals surface area contributed by atoms with Gasteiger partial charge in [-0.2, -0.15) is 0 Å². The zero-order valence-electron chi connectivity index (χ0n) is 14.1. The quantitative estimate of drug-likeness (QED) is 0.488. The minimum absolute atomic E-state index is 0.134. The number of aliphatic hydroxyl groups is 1. The van der Waals surface area contributed by atoms with E-state index in [1.54, 1.807) is 25.3 Å². The number of fused-ring (bicyclic) bond motifs is 2. The zero-order valence-corrected chi connectivity index (χ0v) is 14.1. The molecule has 4 aromatic rings. The molecule has 0 radical (unpaired) electrons. The summed E-state index contributed by atoms with van der Waals surface area (Å²) in [5, 5.41) is 25.7. The van der Waals surface area contributed by atoms with Gasteiger partial charge in [-0.1, -0.05) is 30.3 Å². The summed E-state index contributed by atoms with van der Waals surface area (Å²) < 4.78 is 5.35. The molecule has 0 saturated carbocycles. The fourth-order valence-corrected chi connectivity index (χ4v) is 3.05. The second-order valence-corrected chi connectivity index (χ2v) is 5.87. The maximum atomic E-state index is 10.4. The van der Waals surface area contributed by atoms with E-state index in [1.165, 1.54) is 6.33 Å². The van der Waals surface area contributed by atoms with E-state index in [4.69, 9.17) is 4.74 Å². The van der Waals surface area contributed by atoms with Crippen LogP contribution in [0.25, 0.3) is 21.7 Å². The molecule has 0 fully saturated rings. The second-order valence-electron chi connectivity index (χ2n) is 5.87. The van der Waals surface area contributed by atoms with Crippen LogP contribution in [0.3, 0.4) is 0 Å². The topological polar surface area (TPSA) is 87.5 Å². The van der Waals surface area contributed by atoms with Gasteiger partial charge in [-0.05, 0) is 23.6 Å². The molecule has 0 spiro atoms. The highest BCUT2D eigenvalue weighted by Crippen LogP contribution is 2.36. The van der Waals surface area contributed by atoms with Crippen molar-refractivity contribution < 1.29 is 14.9 Å². The van der Waals surface area contributed by atoms with E-state index in [9.17, 15) is 10.2 Å². The molecule has 1 aromatic heterocycles. The number of hydrogen-bond donors (Lipinski definition) is 3. The number of phenolic OH excluding ortho intramolecular Hbond substituents is 1. The number of ether oxygens (including phenoxy) is 1. The van der Waals surface area contributed by atoms with Crippen LogP contribution in [0, 0.1) is 0 Å². The van der Waals surface area contributed by atoms with Crippen molar-refractivity contribution in [3.63, 3.8) is 0 Å². The second kappa shape index (κ2) is 6.50. The van der Waals surface area contributed by atoms with Gasteiger partial charge in [-0.3, -0.25) is 0 Å². The number of aromatic nitrogens is 2. The van der Waals surface area contributed by atoms with Crippen molar-refractivity contribution in [2.75, 3.05) is 12.4 Å². The van der Waals surface area contributed by atoms with Crippen molar-refractivity contribution in [2.45, 2.75) is 6.61 Å². The molecule has 3 aromatic carbocycles. The first-order valence-corrected chi connectivity index (χ1v) is 8.11. The van der Waals surface area contributed by atoms with E-state index >= 15 is 0 Å². The third-order valence-electron chi connectivity index (χ3n) is 4.36. The number of hydrogen-bond acceptors (Lipinski definition) is 6. The van der Waals surface area contributed by atoms with Gasteiger partial charge in [0.05, 0.1) is 24.9 Å². The van der Waals surface area contributed by atoms with E-state index in [-0.39, 0.29) is 12.4 Å². The van der Waals surface area contributed by atoms with Gasteiger partial charge in [-0.15, -0.1) is 0 Å². The highest BCUT2D eigenvalue weighted by molar-refractivity contribution is 6.01. The largest absolute Gasteiger partial charge is 0.506 e. The Balaban J connectivity index is 1.90. The number of nitrogens with zero attached hydrogens (tertiary/aromatic N) is 2. The molecule has 26 heavy (non-hydrogen) atoms. The number of rotatable bonds is 4. The Morgan fingerprint density at radius 3 is 2.69 bits per heavy atom. The lowest BCUT2D eigenvalue weighted by Crippen LogP contribution is -1.99. The van der Waals surface area contributed by atoms with Crippen molar-refractivity contribution in [3.8, 4) is 11.5 Å². The summed E-state index contributed by atoms with van der Waals surface area (Å²) in [4.78, 5) is 8.60. The molecule has 130 valence electrons. The van der Waals surface area contributed by atoms with Crippen LogP contribution in [-0.4, -0.2) is 27.3 Å². The first-order valence-electron chi connectivity index (χ1n) is 8.11. The molecule has 3 N–H and O–H groups in total.